The lowest BCUT2D eigenvalue weighted by atomic mass is 10.1. The maximum absolute atomic E-state index is 13.2. The van der Waals surface area contributed by atoms with Gasteiger partial charge in [-0.3, -0.25) is 19.6 Å². The first-order chi connectivity index (χ1) is 28.3. The van der Waals surface area contributed by atoms with Gasteiger partial charge in [-0.2, -0.15) is 4.31 Å². The fourth-order valence-corrected chi connectivity index (χ4v) is 11.5. The van der Waals surface area contributed by atoms with Crippen LogP contribution in [0.2, 0.25) is 0 Å². The van der Waals surface area contributed by atoms with E-state index in [9.17, 15) is 26.4 Å². The van der Waals surface area contributed by atoms with Crippen LogP contribution in [0.1, 0.15) is 34.6 Å². The Morgan fingerprint density at radius 1 is 0.627 bits per heavy atom. The maximum atomic E-state index is 13.2. The molecule has 17 heteroatoms. The number of hydrogen-bond donors (Lipinski definition) is 1. The Kier molecular flexibility index (Phi) is 14.8. The van der Waals surface area contributed by atoms with Crippen LogP contribution in [0.5, 0.6) is 0 Å². The minimum Gasteiger partial charge on any atom is -0.336 e. The zero-order chi connectivity index (χ0) is 42.0. The Hall–Kier alpha value is -4.81. The van der Waals surface area contributed by atoms with Gasteiger partial charge in [0.05, 0.1) is 21.1 Å². The van der Waals surface area contributed by atoms with E-state index < -0.39 is 19.1 Å². The van der Waals surface area contributed by atoms with Crippen molar-refractivity contribution in [1.82, 2.24) is 29.4 Å². The summed E-state index contributed by atoms with van der Waals surface area (Å²) in [6.07, 6.45) is 3.35. The Morgan fingerprint density at radius 3 is 1.58 bits per heavy atom. The van der Waals surface area contributed by atoms with Crippen molar-refractivity contribution in [3.63, 3.8) is 0 Å². The fourth-order valence-electron chi connectivity index (χ4n) is 6.44. The highest BCUT2D eigenvalue weighted by Gasteiger charge is 2.36. The highest BCUT2D eigenvalue weighted by atomic mass is 35.7. The van der Waals surface area contributed by atoms with E-state index in [0.29, 0.717) is 28.9 Å². The number of piperazine rings is 2. The number of benzene rings is 2. The number of aromatic nitrogens is 2. The number of pyridine rings is 2. The van der Waals surface area contributed by atoms with E-state index in [0.717, 1.165) is 57.7 Å². The van der Waals surface area contributed by atoms with Crippen LogP contribution in [-0.2, 0) is 19.1 Å². The Balaban J connectivity index is 0.000000164. The topological polar surface area (TPSA) is 150 Å². The lowest BCUT2D eigenvalue weighted by molar-refractivity contribution is 0.0642. The van der Waals surface area contributed by atoms with Crippen LogP contribution in [0.3, 0.4) is 0 Å². The van der Waals surface area contributed by atoms with Gasteiger partial charge in [-0.1, -0.05) is 48.5 Å². The minimum absolute atomic E-state index is 0.0666. The van der Waals surface area contributed by atoms with Crippen LogP contribution in [-0.4, -0.2) is 104 Å². The molecule has 2 amide bonds. The van der Waals surface area contributed by atoms with Crippen molar-refractivity contribution in [3.8, 4) is 21.1 Å². The van der Waals surface area contributed by atoms with Crippen molar-refractivity contribution in [2.75, 3.05) is 39.3 Å². The molecule has 6 heterocycles. The molecule has 1 N–H and O–H groups in total. The number of amides is 2. The zero-order valence-corrected chi connectivity index (χ0v) is 36.3. The first kappa shape index (κ1) is 43.8. The molecule has 2 fully saturated rings. The second kappa shape index (κ2) is 20.0. The first-order valence-electron chi connectivity index (χ1n) is 18.7. The quantitative estimate of drug-likeness (QED) is 0.164. The summed E-state index contributed by atoms with van der Waals surface area (Å²) in [4.78, 5) is 38.4. The summed E-state index contributed by atoms with van der Waals surface area (Å²) in [6.45, 7) is 7.45. The van der Waals surface area contributed by atoms with E-state index >= 15 is 0 Å². The van der Waals surface area contributed by atoms with Crippen molar-refractivity contribution < 1.29 is 26.4 Å². The largest absolute Gasteiger partial charge is 0.336 e. The van der Waals surface area contributed by atoms with Crippen LogP contribution >= 0.6 is 33.4 Å². The fraction of sp³-hybridized carbons (Fsp3) is 0.238. The average Bonchev–Trinajstić information content (AvgIpc) is 3.98. The minimum atomic E-state index is -3.63. The monoisotopic (exact) mass is 890 g/mol. The van der Waals surface area contributed by atoms with Gasteiger partial charge >= 0.3 is 0 Å². The molecule has 0 spiro atoms. The number of nitrogens with zero attached hydrogens (tertiary/aromatic N) is 5. The molecule has 0 radical (unpaired) electrons. The summed E-state index contributed by atoms with van der Waals surface area (Å²) < 4.78 is 50.4. The molecule has 0 bridgehead atoms. The third kappa shape index (κ3) is 11.5. The molecule has 0 aliphatic carbocycles. The van der Waals surface area contributed by atoms with Crippen LogP contribution in [0.4, 0.5) is 0 Å². The molecule has 0 saturated carbocycles. The maximum Gasteiger partial charge on any atom is 0.270 e. The van der Waals surface area contributed by atoms with Crippen LogP contribution < -0.4 is 5.32 Å². The number of thiophene rings is 2. The van der Waals surface area contributed by atoms with Crippen molar-refractivity contribution in [2.45, 2.75) is 34.3 Å². The van der Waals surface area contributed by atoms with Crippen LogP contribution in [0.15, 0.2) is 142 Å². The summed E-state index contributed by atoms with van der Waals surface area (Å²) in [5, 5.41) is 3.32. The predicted octanol–water partition coefficient (Wildman–Crippen LogP) is 7.20. The van der Waals surface area contributed by atoms with Gasteiger partial charge in [0.25, 0.3) is 30.9 Å². The van der Waals surface area contributed by atoms with Gasteiger partial charge in [0, 0.05) is 85.6 Å². The number of carbonyl (C=O) groups excluding carboxylic acids is 2. The highest BCUT2D eigenvalue weighted by Crippen LogP contribution is 2.33. The SMILES string of the molecule is C[C@@H]1CN(C(=O)c2ccccc2)CCN1.C[C@@H]1CN(C(=O)c2ccccc2)CCN1S(=O)(=O)c1ccc(-c2ccccn2)s1.O=S(=O)(Cl)c1ccc(-c2ccccn2)s1. The Morgan fingerprint density at radius 2 is 1.12 bits per heavy atom. The summed E-state index contributed by atoms with van der Waals surface area (Å²) in [5.41, 5.74) is 2.90. The van der Waals surface area contributed by atoms with E-state index in [-0.39, 0.29) is 28.6 Å². The number of sulfonamides is 1. The van der Waals surface area contributed by atoms with E-state index in [2.05, 4.69) is 22.2 Å². The molecule has 59 heavy (non-hydrogen) atoms. The molecule has 4 aromatic heterocycles. The number of carbonyl (C=O) groups is 2. The van der Waals surface area contributed by atoms with Gasteiger partial charge in [-0.15, -0.1) is 22.7 Å². The standard InChI is InChI=1S/C21H21N3O3S2.C12H16N2O.C9H6ClNO2S2/c1-16-15-23(21(25)17-7-3-2-4-8-17)13-14-24(16)29(26,27)20-11-10-19(28-20)18-9-5-6-12-22-18;1-10-9-14(8-7-13-10)12(15)11-5-3-2-4-6-11;10-15(12,13)9-5-4-8(14-9)7-3-1-2-6-11-7/h2-12,16H,13-15H2,1H3;2-6,10,13H,7-9H2,1H3;1-6H/t16-;10-;/m11./s1. The predicted molar refractivity (Wildman–Crippen MR) is 234 cm³/mol. The number of hydrogen-bond acceptors (Lipinski definition) is 11. The van der Waals surface area contributed by atoms with E-state index in [1.807, 2.05) is 90.7 Å². The summed E-state index contributed by atoms with van der Waals surface area (Å²) in [6, 6.07) is 36.3. The van der Waals surface area contributed by atoms with Crippen molar-refractivity contribution in [1.29, 1.82) is 0 Å². The van der Waals surface area contributed by atoms with E-state index in [1.165, 1.54) is 21.7 Å². The molecule has 0 unspecified atom stereocenters. The van der Waals surface area contributed by atoms with Gasteiger partial charge < -0.3 is 15.1 Å². The highest BCUT2D eigenvalue weighted by molar-refractivity contribution is 8.15. The Labute approximate surface area is 357 Å². The second-order valence-corrected chi connectivity index (χ2v) is 20.7. The molecule has 12 nitrogen and oxygen atoms in total. The van der Waals surface area contributed by atoms with E-state index in [4.69, 9.17) is 10.7 Å². The Bertz CT molecular complexity index is 2530. The number of halogens is 1. The van der Waals surface area contributed by atoms with Gasteiger partial charge in [0.2, 0.25) is 0 Å². The number of rotatable bonds is 7. The lowest BCUT2D eigenvalue weighted by Crippen LogP contribution is -2.55. The third-order valence-electron chi connectivity index (χ3n) is 9.35. The summed E-state index contributed by atoms with van der Waals surface area (Å²) in [7, 11) is -2.03. The van der Waals surface area contributed by atoms with Crippen LogP contribution in [0, 0.1) is 0 Å². The molecule has 2 aliphatic rings. The normalized spacial score (nSPS) is 17.2. The molecule has 8 rings (SSSR count). The average molecular weight is 892 g/mol. The second-order valence-electron chi connectivity index (χ2n) is 13.7. The van der Waals surface area contributed by atoms with Crippen molar-refractivity contribution >= 4 is 64.2 Å². The molecule has 2 aromatic carbocycles. The molecular formula is C42H43ClN6O6S4. The van der Waals surface area contributed by atoms with Gasteiger partial charge in [-0.05, 0) is 86.6 Å². The molecular weight excluding hydrogens is 848 g/mol. The first-order valence-corrected chi connectivity index (χ1v) is 24.1. The van der Waals surface area contributed by atoms with Crippen molar-refractivity contribution in [2.24, 2.45) is 0 Å². The summed E-state index contributed by atoms with van der Waals surface area (Å²) >= 11 is 2.33. The molecule has 308 valence electrons. The van der Waals surface area contributed by atoms with E-state index in [1.54, 1.807) is 53.7 Å². The molecule has 6 aromatic rings. The third-order valence-corrected chi connectivity index (χ3v) is 16.1. The van der Waals surface area contributed by atoms with Crippen LogP contribution in [0.25, 0.3) is 21.1 Å². The smallest absolute Gasteiger partial charge is 0.270 e. The summed E-state index contributed by atoms with van der Waals surface area (Å²) in [5.74, 6) is 0.0759. The van der Waals surface area contributed by atoms with Gasteiger partial charge in [0.15, 0.2) is 0 Å². The molecule has 2 aliphatic heterocycles. The number of nitrogens with one attached hydrogen (secondary N) is 1. The van der Waals surface area contributed by atoms with Gasteiger partial charge in [-0.25, -0.2) is 16.8 Å². The molecule has 2 saturated heterocycles. The lowest BCUT2D eigenvalue weighted by Gasteiger charge is -2.38. The van der Waals surface area contributed by atoms with Gasteiger partial charge in [0.1, 0.15) is 8.42 Å². The zero-order valence-electron chi connectivity index (χ0n) is 32.3. The van der Waals surface area contributed by atoms with Crippen molar-refractivity contribution in [3.05, 3.63) is 145 Å². The molecule has 2 atom stereocenters.